The summed E-state index contributed by atoms with van der Waals surface area (Å²) in [5, 5.41) is 2.29. The van der Waals surface area contributed by atoms with E-state index in [4.69, 9.17) is 4.42 Å². The SMILES string of the molecule is c1ccc(-c2ccc3c(c2)Sc2cc(-c4ccccc4)ccc2N3c2ccc(-c3cccc4c3oc3ccccc34)cc2)cc1. The Morgan fingerprint density at radius 2 is 0.978 bits per heavy atom. The van der Waals surface area contributed by atoms with Crippen LogP contribution in [0.1, 0.15) is 0 Å². The maximum absolute atomic E-state index is 6.36. The van der Waals surface area contributed by atoms with Crippen molar-refractivity contribution in [2.45, 2.75) is 9.79 Å². The van der Waals surface area contributed by atoms with Gasteiger partial charge in [0.25, 0.3) is 0 Å². The molecule has 8 aromatic rings. The first kappa shape index (κ1) is 25.9. The Labute approximate surface area is 266 Å². The van der Waals surface area contributed by atoms with E-state index in [0.717, 1.165) is 38.8 Å². The highest BCUT2D eigenvalue weighted by atomic mass is 32.2. The topological polar surface area (TPSA) is 16.4 Å². The lowest BCUT2D eigenvalue weighted by atomic mass is 10.0. The van der Waals surface area contributed by atoms with Gasteiger partial charge in [0, 0.05) is 31.8 Å². The summed E-state index contributed by atoms with van der Waals surface area (Å²) >= 11 is 1.85. The second-order valence-electron chi connectivity index (χ2n) is 11.4. The summed E-state index contributed by atoms with van der Waals surface area (Å²) in [4.78, 5) is 4.88. The van der Waals surface area contributed by atoms with Crippen molar-refractivity contribution in [3.8, 4) is 33.4 Å². The van der Waals surface area contributed by atoms with Crippen molar-refractivity contribution in [3.63, 3.8) is 0 Å². The van der Waals surface area contributed by atoms with Gasteiger partial charge < -0.3 is 9.32 Å². The fraction of sp³-hybridized carbons (Fsp3) is 0. The van der Waals surface area contributed by atoms with Crippen LogP contribution in [0.25, 0.3) is 55.3 Å². The molecule has 0 bridgehead atoms. The molecule has 0 N–H and O–H groups in total. The molecule has 1 aliphatic heterocycles. The van der Waals surface area contributed by atoms with Crippen LogP contribution >= 0.6 is 11.8 Å². The third-order valence-electron chi connectivity index (χ3n) is 8.68. The zero-order valence-electron chi connectivity index (χ0n) is 24.4. The molecule has 1 aromatic heterocycles. The van der Waals surface area contributed by atoms with Crippen LogP contribution in [0.3, 0.4) is 0 Å². The highest BCUT2D eigenvalue weighted by Gasteiger charge is 2.26. The Morgan fingerprint density at radius 1 is 0.422 bits per heavy atom. The van der Waals surface area contributed by atoms with Crippen LogP contribution in [0.5, 0.6) is 0 Å². The quantitative estimate of drug-likeness (QED) is 0.202. The van der Waals surface area contributed by atoms with E-state index in [1.807, 2.05) is 23.9 Å². The minimum Gasteiger partial charge on any atom is -0.455 e. The minimum absolute atomic E-state index is 0.917. The molecule has 0 spiro atoms. The summed E-state index contributed by atoms with van der Waals surface area (Å²) in [6.07, 6.45) is 0. The first-order valence-corrected chi connectivity index (χ1v) is 16.0. The van der Waals surface area contributed by atoms with Gasteiger partial charge in [0.1, 0.15) is 11.2 Å². The summed E-state index contributed by atoms with van der Waals surface area (Å²) in [6, 6.07) is 58.5. The number of furan rings is 1. The molecule has 0 amide bonds. The van der Waals surface area contributed by atoms with Crippen molar-refractivity contribution in [2.75, 3.05) is 4.90 Å². The van der Waals surface area contributed by atoms with Crippen LogP contribution in [0, 0.1) is 0 Å². The number of benzene rings is 7. The molecule has 3 heteroatoms. The minimum atomic E-state index is 0.917. The fourth-order valence-corrected chi connectivity index (χ4v) is 7.61. The molecule has 9 rings (SSSR count). The van der Waals surface area contributed by atoms with E-state index in [-0.39, 0.29) is 0 Å². The monoisotopic (exact) mass is 593 g/mol. The third-order valence-corrected chi connectivity index (χ3v) is 9.77. The van der Waals surface area contributed by atoms with Crippen molar-refractivity contribution >= 4 is 50.8 Å². The molecule has 0 saturated carbocycles. The summed E-state index contributed by atoms with van der Waals surface area (Å²) < 4.78 is 6.36. The molecule has 0 radical (unpaired) electrons. The van der Waals surface area contributed by atoms with E-state index < -0.39 is 0 Å². The first-order valence-electron chi connectivity index (χ1n) is 15.2. The van der Waals surface area contributed by atoms with E-state index in [9.17, 15) is 0 Å². The standard InChI is InChI=1S/C42H27NOS/c1-3-10-28(11-4-1)31-20-24-37-40(26-31)45-41-27-32(29-12-5-2-6-13-29)21-25-38(41)43(37)33-22-18-30(19-23-33)34-15-9-16-36-35-14-7-8-17-39(35)44-42(34)36/h1-27H. The second-order valence-corrected chi connectivity index (χ2v) is 12.4. The Bertz CT molecular complexity index is 2250. The van der Waals surface area contributed by atoms with Gasteiger partial charge in [0.15, 0.2) is 0 Å². The average Bonchev–Trinajstić information content (AvgIpc) is 3.50. The van der Waals surface area contributed by atoms with Gasteiger partial charge in [-0.3, -0.25) is 0 Å². The van der Waals surface area contributed by atoms with E-state index in [1.54, 1.807) is 0 Å². The summed E-state index contributed by atoms with van der Waals surface area (Å²) in [5.74, 6) is 0. The lowest BCUT2D eigenvalue weighted by Gasteiger charge is -2.33. The summed E-state index contributed by atoms with van der Waals surface area (Å²) in [6.45, 7) is 0. The number of nitrogens with zero attached hydrogens (tertiary/aromatic N) is 1. The smallest absolute Gasteiger partial charge is 0.143 e. The molecule has 0 fully saturated rings. The lowest BCUT2D eigenvalue weighted by Crippen LogP contribution is -2.15. The van der Waals surface area contributed by atoms with E-state index in [1.165, 1.54) is 43.4 Å². The molecule has 0 saturated heterocycles. The van der Waals surface area contributed by atoms with Crippen LogP contribution in [-0.4, -0.2) is 0 Å². The maximum atomic E-state index is 6.36. The number of hydrogen-bond donors (Lipinski definition) is 0. The van der Waals surface area contributed by atoms with Crippen molar-refractivity contribution < 1.29 is 4.42 Å². The number of anilines is 3. The number of fused-ring (bicyclic) bond motifs is 5. The molecule has 2 nitrogen and oxygen atoms in total. The molecular weight excluding hydrogens is 567 g/mol. The van der Waals surface area contributed by atoms with Gasteiger partial charge in [0.2, 0.25) is 0 Å². The highest BCUT2D eigenvalue weighted by Crippen LogP contribution is 2.53. The predicted octanol–water partition coefficient (Wildman–Crippen LogP) is 12.5. The van der Waals surface area contributed by atoms with Gasteiger partial charge in [-0.05, 0) is 70.3 Å². The van der Waals surface area contributed by atoms with Gasteiger partial charge in [-0.15, -0.1) is 0 Å². The normalized spacial score (nSPS) is 12.3. The van der Waals surface area contributed by atoms with Crippen LogP contribution in [-0.2, 0) is 0 Å². The first-order chi connectivity index (χ1) is 22.3. The van der Waals surface area contributed by atoms with Crippen molar-refractivity contribution in [2.24, 2.45) is 0 Å². The molecule has 0 unspecified atom stereocenters. The van der Waals surface area contributed by atoms with Gasteiger partial charge in [-0.1, -0.05) is 133 Å². The van der Waals surface area contributed by atoms with Crippen molar-refractivity contribution in [1.82, 2.24) is 0 Å². The molecule has 2 heterocycles. The van der Waals surface area contributed by atoms with E-state index >= 15 is 0 Å². The molecular formula is C42H27NOS. The zero-order valence-corrected chi connectivity index (χ0v) is 25.2. The van der Waals surface area contributed by atoms with E-state index in [0.29, 0.717) is 0 Å². The Morgan fingerprint density at radius 3 is 1.62 bits per heavy atom. The van der Waals surface area contributed by atoms with Crippen LogP contribution in [0.15, 0.2) is 178 Å². The lowest BCUT2D eigenvalue weighted by molar-refractivity contribution is 0.670. The van der Waals surface area contributed by atoms with Crippen LogP contribution in [0.2, 0.25) is 0 Å². The average molecular weight is 594 g/mol. The molecule has 0 aliphatic carbocycles. The largest absolute Gasteiger partial charge is 0.455 e. The molecule has 7 aromatic carbocycles. The Kier molecular flexibility index (Phi) is 6.10. The summed E-state index contributed by atoms with van der Waals surface area (Å²) in [5.41, 5.74) is 12.5. The third kappa shape index (κ3) is 4.44. The molecule has 212 valence electrons. The van der Waals surface area contributed by atoms with Crippen LogP contribution < -0.4 is 4.90 Å². The fourth-order valence-electron chi connectivity index (χ4n) is 6.47. The molecule has 1 aliphatic rings. The zero-order chi connectivity index (χ0) is 29.7. The Hall–Kier alpha value is -5.51. The van der Waals surface area contributed by atoms with Gasteiger partial charge in [-0.25, -0.2) is 0 Å². The van der Waals surface area contributed by atoms with Gasteiger partial charge >= 0.3 is 0 Å². The number of hydrogen-bond acceptors (Lipinski definition) is 3. The highest BCUT2D eigenvalue weighted by molar-refractivity contribution is 7.99. The maximum Gasteiger partial charge on any atom is 0.143 e. The van der Waals surface area contributed by atoms with Gasteiger partial charge in [0.05, 0.1) is 11.4 Å². The van der Waals surface area contributed by atoms with Gasteiger partial charge in [-0.2, -0.15) is 0 Å². The van der Waals surface area contributed by atoms with Crippen molar-refractivity contribution in [1.29, 1.82) is 0 Å². The second kappa shape index (κ2) is 10.6. The molecule has 0 atom stereocenters. The van der Waals surface area contributed by atoms with E-state index in [2.05, 4.69) is 157 Å². The molecule has 45 heavy (non-hydrogen) atoms. The number of para-hydroxylation sites is 2. The van der Waals surface area contributed by atoms with Crippen molar-refractivity contribution in [3.05, 3.63) is 164 Å². The Balaban J connectivity index is 1.17. The summed E-state index contributed by atoms with van der Waals surface area (Å²) in [7, 11) is 0. The predicted molar refractivity (Wildman–Crippen MR) is 189 cm³/mol. The number of rotatable bonds is 4. The van der Waals surface area contributed by atoms with Crippen LogP contribution in [0.4, 0.5) is 17.1 Å².